The van der Waals surface area contributed by atoms with Crippen molar-refractivity contribution in [1.29, 1.82) is 0 Å². The normalized spacial score (nSPS) is 19.9. The second-order valence-corrected chi connectivity index (χ2v) is 12.2. The molecule has 0 spiro atoms. The molecule has 11 heteroatoms. The van der Waals surface area contributed by atoms with Crippen molar-refractivity contribution in [2.75, 3.05) is 32.7 Å². The highest BCUT2D eigenvalue weighted by molar-refractivity contribution is 5.95. The largest absolute Gasteiger partial charge is 0.361 e. The van der Waals surface area contributed by atoms with E-state index in [1.165, 1.54) is 5.56 Å². The molecule has 0 radical (unpaired) electrons. The summed E-state index contributed by atoms with van der Waals surface area (Å²) in [5.74, 6) is -0.0150. The molecule has 0 aliphatic carbocycles. The van der Waals surface area contributed by atoms with Crippen LogP contribution in [0.4, 0.5) is 0 Å². The van der Waals surface area contributed by atoms with Gasteiger partial charge in [-0.3, -0.25) is 19.3 Å². The Hall–Kier alpha value is -4.77. The highest BCUT2D eigenvalue weighted by Gasteiger charge is 2.43. The number of fused-ring (bicyclic) bond motifs is 2. The number of hydrogen-bond donors (Lipinski definition) is 1. The first-order chi connectivity index (χ1) is 22.4. The number of carbonyl (C=O) groups excluding carboxylic acids is 3. The van der Waals surface area contributed by atoms with E-state index in [2.05, 4.69) is 38.7 Å². The number of nitrogens with one attached hydrogen (secondary N) is 1. The fourth-order valence-corrected chi connectivity index (χ4v) is 6.51. The lowest BCUT2D eigenvalue weighted by Gasteiger charge is -2.31. The summed E-state index contributed by atoms with van der Waals surface area (Å²) in [6.07, 6.45) is 6.60. The number of benzene rings is 2. The van der Waals surface area contributed by atoms with Crippen molar-refractivity contribution >= 4 is 17.7 Å². The Balaban J connectivity index is 1.22. The number of rotatable bonds is 6. The van der Waals surface area contributed by atoms with Crippen LogP contribution in [0.25, 0.3) is 5.69 Å². The van der Waals surface area contributed by atoms with Crippen LogP contribution in [0.2, 0.25) is 0 Å². The number of nitrogens with zero attached hydrogens (tertiary/aromatic N) is 6. The molecule has 240 valence electrons. The van der Waals surface area contributed by atoms with Crippen molar-refractivity contribution in [1.82, 2.24) is 35.0 Å². The van der Waals surface area contributed by atoms with Crippen LogP contribution in [0.5, 0.6) is 0 Å². The van der Waals surface area contributed by atoms with E-state index in [1.54, 1.807) is 24.1 Å². The fraction of sp³-hybridized carbons (Fsp3) is 0.400. The van der Waals surface area contributed by atoms with E-state index in [9.17, 15) is 14.4 Å². The maximum Gasteiger partial charge on any atom is 0.254 e. The molecular formula is C35H41N7O4. The zero-order valence-electron chi connectivity index (χ0n) is 26.3. The zero-order valence-corrected chi connectivity index (χ0v) is 26.3. The highest BCUT2D eigenvalue weighted by atomic mass is 16.5. The molecule has 1 N–H and O–H groups in total. The van der Waals surface area contributed by atoms with E-state index in [4.69, 9.17) is 4.52 Å². The van der Waals surface area contributed by atoms with Gasteiger partial charge in [0.15, 0.2) is 0 Å². The number of carbonyl (C=O) groups is 3. The van der Waals surface area contributed by atoms with Gasteiger partial charge < -0.3 is 19.6 Å². The second-order valence-electron chi connectivity index (χ2n) is 12.2. The van der Waals surface area contributed by atoms with E-state index >= 15 is 0 Å². The second kappa shape index (κ2) is 14.6. The summed E-state index contributed by atoms with van der Waals surface area (Å²) >= 11 is 0. The van der Waals surface area contributed by atoms with Gasteiger partial charge in [0.2, 0.25) is 11.8 Å². The Labute approximate surface area is 269 Å². The maximum absolute atomic E-state index is 14.0. The van der Waals surface area contributed by atoms with Crippen molar-refractivity contribution in [3.63, 3.8) is 0 Å². The van der Waals surface area contributed by atoms with Crippen LogP contribution in [0, 0.1) is 6.92 Å². The molecule has 2 aliphatic heterocycles. The molecule has 2 aliphatic rings. The van der Waals surface area contributed by atoms with Crippen LogP contribution in [-0.2, 0) is 22.6 Å². The Morgan fingerprint density at radius 3 is 2.59 bits per heavy atom. The van der Waals surface area contributed by atoms with Crippen molar-refractivity contribution < 1.29 is 18.9 Å². The predicted molar refractivity (Wildman–Crippen MR) is 172 cm³/mol. The summed E-state index contributed by atoms with van der Waals surface area (Å²) < 4.78 is 7.17. The maximum atomic E-state index is 14.0. The Morgan fingerprint density at radius 1 is 0.957 bits per heavy atom. The Bertz CT molecular complexity index is 1620. The summed E-state index contributed by atoms with van der Waals surface area (Å²) in [6.45, 7) is 5.57. The van der Waals surface area contributed by atoms with Crippen LogP contribution >= 0.6 is 0 Å². The van der Waals surface area contributed by atoms with Crippen molar-refractivity contribution in [2.45, 2.75) is 57.7 Å². The van der Waals surface area contributed by atoms with Crippen molar-refractivity contribution in [3.05, 3.63) is 102 Å². The molecule has 6 rings (SSSR count). The lowest BCUT2D eigenvalue weighted by atomic mass is 10.1. The van der Waals surface area contributed by atoms with Crippen LogP contribution in [-0.4, -0.2) is 92.2 Å². The summed E-state index contributed by atoms with van der Waals surface area (Å²) in [5, 5.41) is 11.4. The lowest BCUT2D eigenvalue weighted by molar-refractivity contribution is -0.138. The van der Waals surface area contributed by atoms with Gasteiger partial charge in [-0.2, -0.15) is 5.10 Å². The van der Waals surface area contributed by atoms with Gasteiger partial charge in [0, 0.05) is 56.7 Å². The number of amides is 3. The van der Waals surface area contributed by atoms with Gasteiger partial charge >= 0.3 is 0 Å². The molecule has 4 heterocycles. The molecule has 3 amide bonds. The molecule has 2 saturated heterocycles. The van der Waals surface area contributed by atoms with Gasteiger partial charge in [-0.1, -0.05) is 35.5 Å². The van der Waals surface area contributed by atoms with E-state index < -0.39 is 6.04 Å². The number of aryl methyl sites for hydroxylation is 1. The van der Waals surface area contributed by atoms with Crippen LogP contribution in [0.3, 0.4) is 0 Å². The molecule has 0 saturated carbocycles. The average Bonchev–Trinajstić information content (AvgIpc) is 3.85. The zero-order chi connectivity index (χ0) is 31.9. The fourth-order valence-electron chi connectivity index (χ4n) is 6.51. The smallest absolute Gasteiger partial charge is 0.254 e. The van der Waals surface area contributed by atoms with E-state index in [0.717, 1.165) is 44.6 Å². The molecule has 46 heavy (non-hydrogen) atoms. The van der Waals surface area contributed by atoms with E-state index in [-0.39, 0.29) is 36.7 Å². The summed E-state index contributed by atoms with van der Waals surface area (Å²) in [4.78, 5) is 47.0. The quantitative estimate of drug-likeness (QED) is 0.349. The van der Waals surface area contributed by atoms with Gasteiger partial charge in [-0.05, 0) is 75.0 Å². The SMILES string of the molecule is Cc1cc(CC(=O)N2C[C@@H]3C[C@H]2C(=O)NCCCCN(Cc2cccc(-n4cccn4)c2)CCCN3C(=O)c2ccccc2)on1. The van der Waals surface area contributed by atoms with Gasteiger partial charge in [-0.15, -0.1) is 0 Å². The molecule has 4 aromatic rings. The summed E-state index contributed by atoms with van der Waals surface area (Å²) in [6, 6.07) is 20.3. The van der Waals surface area contributed by atoms with Crippen LogP contribution in [0.15, 0.2) is 83.6 Å². The first-order valence-corrected chi connectivity index (χ1v) is 16.1. The molecular weight excluding hydrogens is 582 g/mol. The molecule has 2 bridgehead atoms. The van der Waals surface area contributed by atoms with E-state index in [0.29, 0.717) is 36.5 Å². The minimum atomic E-state index is -0.658. The summed E-state index contributed by atoms with van der Waals surface area (Å²) in [7, 11) is 0. The average molecular weight is 624 g/mol. The molecule has 2 fully saturated rings. The number of aromatic nitrogens is 3. The van der Waals surface area contributed by atoms with Gasteiger partial charge in [-0.25, -0.2) is 4.68 Å². The van der Waals surface area contributed by atoms with Crippen molar-refractivity contribution in [3.8, 4) is 5.69 Å². The number of hydrogen-bond acceptors (Lipinski definition) is 7. The highest BCUT2D eigenvalue weighted by Crippen LogP contribution is 2.26. The van der Waals surface area contributed by atoms with Crippen molar-refractivity contribution in [2.24, 2.45) is 0 Å². The third-order valence-corrected chi connectivity index (χ3v) is 8.79. The third-order valence-electron chi connectivity index (χ3n) is 8.79. The van der Waals surface area contributed by atoms with Crippen LogP contribution < -0.4 is 5.32 Å². The Morgan fingerprint density at radius 2 is 1.80 bits per heavy atom. The Kier molecular flexibility index (Phi) is 9.88. The summed E-state index contributed by atoms with van der Waals surface area (Å²) in [5.41, 5.74) is 3.50. The van der Waals surface area contributed by atoms with Gasteiger partial charge in [0.25, 0.3) is 5.91 Å². The minimum absolute atomic E-state index is 0.0144. The first kappa shape index (κ1) is 31.2. The standard InChI is InChI=1S/C35H41N7O4/c1-26-20-31(46-38-26)23-33(43)41-25-30-22-32(41)34(44)36-14-5-6-16-39(17-9-18-40(30)35(45)28-11-3-2-4-12-28)24-27-10-7-13-29(21-27)42-19-8-15-37-42/h2-4,7-8,10-13,15,19-21,30,32H,5-6,9,14,16-18,22-25H2,1H3,(H,36,44)/t30-,32-/m0/s1. The van der Waals surface area contributed by atoms with Gasteiger partial charge in [0.1, 0.15) is 11.8 Å². The first-order valence-electron chi connectivity index (χ1n) is 16.1. The van der Waals surface area contributed by atoms with Crippen LogP contribution in [0.1, 0.15) is 53.1 Å². The van der Waals surface area contributed by atoms with Gasteiger partial charge in [0.05, 0.1) is 23.8 Å². The topological polar surface area (TPSA) is 117 Å². The molecule has 2 aromatic heterocycles. The van der Waals surface area contributed by atoms with E-state index in [1.807, 2.05) is 58.2 Å². The minimum Gasteiger partial charge on any atom is -0.361 e. The molecule has 0 unspecified atom stereocenters. The third kappa shape index (κ3) is 7.54. The number of likely N-dealkylation sites (tertiary alicyclic amines) is 1. The predicted octanol–water partition coefficient (Wildman–Crippen LogP) is 3.63. The molecule has 2 atom stereocenters. The monoisotopic (exact) mass is 623 g/mol. The molecule has 2 aromatic carbocycles. The molecule has 11 nitrogen and oxygen atoms in total. The lowest BCUT2D eigenvalue weighted by Crippen LogP contribution is -2.46.